The Morgan fingerprint density at radius 1 is 1.30 bits per heavy atom. The third-order valence-electron chi connectivity index (χ3n) is 3.26. The van der Waals surface area contributed by atoms with Gasteiger partial charge in [0.2, 0.25) is 5.91 Å². The first-order valence-corrected chi connectivity index (χ1v) is 7.14. The van der Waals surface area contributed by atoms with Crippen LogP contribution < -0.4 is 15.8 Å². The molecule has 1 amide bonds. The van der Waals surface area contributed by atoms with E-state index in [1.807, 2.05) is 24.3 Å². The molecule has 1 atom stereocenters. The molecule has 0 heterocycles. The van der Waals surface area contributed by atoms with Gasteiger partial charge in [0.1, 0.15) is 5.75 Å². The number of hydrogen-bond acceptors (Lipinski definition) is 3. The molecular weight excluding hydrogens is 252 g/mol. The Balaban J connectivity index is 2.37. The summed E-state index contributed by atoms with van der Waals surface area (Å²) in [7, 11) is 1.64. The van der Waals surface area contributed by atoms with E-state index >= 15 is 0 Å². The number of benzene rings is 1. The molecule has 0 fully saturated rings. The minimum Gasteiger partial charge on any atom is -0.497 e. The molecule has 0 saturated heterocycles. The van der Waals surface area contributed by atoms with Gasteiger partial charge >= 0.3 is 0 Å². The summed E-state index contributed by atoms with van der Waals surface area (Å²) in [6, 6.07) is 7.69. The molecule has 1 aromatic rings. The van der Waals surface area contributed by atoms with Crippen LogP contribution in [0.1, 0.15) is 32.3 Å². The fraction of sp³-hybridized carbons (Fsp3) is 0.562. The van der Waals surface area contributed by atoms with Crippen LogP contribution in [-0.4, -0.2) is 19.6 Å². The normalized spacial score (nSPS) is 12.2. The van der Waals surface area contributed by atoms with Crippen molar-refractivity contribution in [1.29, 1.82) is 0 Å². The number of nitrogens with one attached hydrogen (secondary N) is 1. The number of methoxy groups -OCH3 is 1. The highest BCUT2D eigenvalue weighted by Gasteiger charge is 2.13. The lowest BCUT2D eigenvalue weighted by molar-refractivity contribution is -0.122. The monoisotopic (exact) mass is 278 g/mol. The fourth-order valence-corrected chi connectivity index (χ4v) is 2.21. The molecule has 4 nitrogen and oxygen atoms in total. The molecule has 3 N–H and O–H groups in total. The van der Waals surface area contributed by atoms with Gasteiger partial charge in [-0.3, -0.25) is 4.79 Å². The lowest BCUT2D eigenvalue weighted by Crippen LogP contribution is -2.28. The number of amides is 1. The van der Waals surface area contributed by atoms with Gasteiger partial charge in [0.25, 0.3) is 0 Å². The summed E-state index contributed by atoms with van der Waals surface area (Å²) in [5.41, 5.74) is 6.78. The Kier molecular flexibility index (Phi) is 7.09. The van der Waals surface area contributed by atoms with E-state index in [4.69, 9.17) is 10.5 Å². The maximum absolute atomic E-state index is 11.9. The average molecular weight is 278 g/mol. The molecule has 0 spiro atoms. The van der Waals surface area contributed by atoms with Crippen molar-refractivity contribution in [3.05, 3.63) is 29.8 Å². The van der Waals surface area contributed by atoms with Gasteiger partial charge in [-0.15, -0.1) is 0 Å². The van der Waals surface area contributed by atoms with Crippen LogP contribution in [0.3, 0.4) is 0 Å². The predicted molar refractivity (Wildman–Crippen MR) is 81.5 cm³/mol. The second kappa shape index (κ2) is 8.59. The van der Waals surface area contributed by atoms with Crippen molar-refractivity contribution < 1.29 is 9.53 Å². The molecule has 1 rings (SSSR count). The summed E-state index contributed by atoms with van der Waals surface area (Å²) < 4.78 is 5.10. The number of carbonyl (C=O) groups excluding carboxylic acids is 1. The van der Waals surface area contributed by atoms with Crippen molar-refractivity contribution in [1.82, 2.24) is 5.32 Å². The molecule has 0 radical (unpaired) electrons. The highest BCUT2D eigenvalue weighted by atomic mass is 16.5. The van der Waals surface area contributed by atoms with Gasteiger partial charge in [0.15, 0.2) is 0 Å². The number of ether oxygens (including phenoxy) is 1. The molecule has 20 heavy (non-hydrogen) atoms. The third kappa shape index (κ3) is 6.06. The zero-order valence-electron chi connectivity index (χ0n) is 12.7. The van der Waals surface area contributed by atoms with E-state index in [2.05, 4.69) is 19.2 Å². The van der Waals surface area contributed by atoms with Crippen molar-refractivity contribution in [3.8, 4) is 5.75 Å². The van der Waals surface area contributed by atoms with Crippen molar-refractivity contribution in [2.75, 3.05) is 13.7 Å². The van der Waals surface area contributed by atoms with Crippen LogP contribution in [0.5, 0.6) is 5.75 Å². The summed E-state index contributed by atoms with van der Waals surface area (Å²) in [4.78, 5) is 11.9. The van der Waals surface area contributed by atoms with Crippen LogP contribution in [0.2, 0.25) is 0 Å². The van der Waals surface area contributed by atoms with Gasteiger partial charge in [-0.1, -0.05) is 26.0 Å². The zero-order valence-corrected chi connectivity index (χ0v) is 12.7. The first kappa shape index (κ1) is 16.5. The van der Waals surface area contributed by atoms with Crippen LogP contribution in [-0.2, 0) is 11.3 Å². The number of nitrogens with two attached hydrogens (primary N) is 1. The van der Waals surface area contributed by atoms with Gasteiger partial charge in [0, 0.05) is 13.0 Å². The standard InChI is InChI=1S/C16H26N2O2/c1-12(2)8-14(10-17)9-16(19)18-11-13-4-6-15(20-3)7-5-13/h4-7,12,14H,8-11,17H2,1-3H3,(H,18,19). The Morgan fingerprint density at radius 2 is 1.95 bits per heavy atom. The predicted octanol–water partition coefficient (Wildman–Crippen LogP) is 2.32. The smallest absolute Gasteiger partial charge is 0.220 e. The molecule has 0 bridgehead atoms. The van der Waals surface area contributed by atoms with Crippen molar-refractivity contribution in [2.24, 2.45) is 17.6 Å². The summed E-state index contributed by atoms with van der Waals surface area (Å²) in [5.74, 6) is 1.72. The van der Waals surface area contributed by atoms with Crippen LogP contribution in [0, 0.1) is 11.8 Å². The van der Waals surface area contributed by atoms with E-state index in [-0.39, 0.29) is 11.8 Å². The summed E-state index contributed by atoms with van der Waals surface area (Å²) in [6.07, 6.45) is 1.50. The quantitative estimate of drug-likeness (QED) is 0.767. The largest absolute Gasteiger partial charge is 0.497 e. The van der Waals surface area contributed by atoms with Gasteiger partial charge in [0.05, 0.1) is 7.11 Å². The third-order valence-corrected chi connectivity index (χ3v) is 3.26. The molecule has 0 aliphatic carbocycles. The van der Waals surface area contributed by atoms with E-state index in [0.29, 0.717) is 25.4 Å². The molecule has 112 valence electrons. The SMILES string of the molecule is COc1ccc(CNC(=O)CC(CN)CC(C)C)cc1. The molecule has 1 aromatic carbocycles. The summed E-state index contributed by atoms with van der Waals surface area (Å²) in [5, 5.41) is 2.94. The van der Waals surface area contributed by atoms with Crippen molar-refractivity contribution in [3.63, 3.8) is 0 Å². The van der Waals surface area contributed by atoms with E-state index in [9.17, 15) is 4.79 Å². The molecular formula is C16H26N2O2. The maximum atomic E-state index is 11.9. The number of rotatable bonds is 8. The van der Waals surface area contributed by atoms with Crippen molar-refractivity contribution >= 4 is 5.91 Å². The second-order valence-corrected chi connectivity index (χ2v) is 5.56. The van der Waals surface area contributed by atoms with Gasteiger partial charge in [-0.2, -0.15) is 0 Å². The van der Waals surface area contributed by atoms with Crippen LogP contribution in [0.4, 0.5) is 0 Å². The van der Waals surface area contributed by atoms with E-state index < -0.39 is 0 Å². The molecule has 0 aliphatic rings. The van der Waals surface area contributed by atoms with Crippen LogP contribution in [0.15, 0.2) is 24.3 Å². The minimum absolute atomic E-state index is 0.0666. The second-order valence-electron chi connectivity index (χ2n) is 5.56. The first-order chi connectivity index (χ1) is 9.55. The Hall–Kier alpha value is -1.55. The van der Waals surface area contributed by atoms with Gasteiger partial charge < -0.3 is 15.8 Å². The van der Waals surface area contributed by atoms with Gasteiger partial charge in [-0.05, 0) is 42.5 Å². The summed E-state index contributed by atoms with van der Waals surface area (Å²) in [6.45, 7) is 5.41. The topological polar surface area (TPSA) is 64.3 Å². The lowest BCUT2D eigenvalue weighted by atomic mass is 9.94. The lowest BCUT2D eigenvalue weighted by Gasteiger charge is -2.16. The van der Waals surface area contributed by atoms with Gasteiger partial charge in [-0.25, -0.2) is 0 Å². The van der Waals surface area contributed by atoms with Crippen molar-refractivity contribution in [2.45, 2.75) is 33.2 Å². The molecule has 0 aliphatic heterocycles. The summed E-state index contributed by atoms with van der Waals surface area (Å²) >= 11 is 0. The Morgan fingerprint density at radius 3 is 2.45 bits per heavy atom. The average Bonchev–Trinajstić information content (AvgIpc) is 2.44. The zero-order chi connectivity index (χ0) is 15.0. The maximum Gasteiger partial charge on any atom is 0.220 e. The van der Waals surface area contributed by atoms with E-state index in [1.165, 1.54) is 0 Å². The molecule has 4 heteroatoms. The van der Waals surface area contributed by atoms with Crippen LogP contribution in [0.25, 0.3) is 0 Å². The molecule has 1 unspecified atom stereocenters. The highest BCUT2D eigenvalue weighted by Crippen LogP contribution is 2.14. The fourth-order valence-electron chi connectivity index (χ4n) is 2.21. The number of carbonyl (C=O) groups is 1. The first-order valence-electron chi connectivity index (χ1n) is 7.14. The van der Waals surface area contributed by atoms with E-state index in [0.717, 1.165) is 17.7 Å². The Bertz CT molecular complexity index is 401. The minimum atomic E-state index is 0.0666. The molecule has 0 aromatic heterocycles. The molecule has 0 saturated carbocycles. The Labute approximate surface area is 121 Å². The number of hydrogen-bond donors (Lipinski definition) is 2. The highest BCUT2D eigenvalue weighted by molar-refractivity contribution is 5.76. The van der Waals surface area contributed by atoms with E-state index in [1.54, 1.807) is 7.11 Å². The van der Waals surface area contributed by atoms with Crippen LogP contribution >= 0.6 is 0 Å².